The van der Waals surface area contributed by atoms with Gasteiger partial charge in [0.1, 0.15) is 0 Å². The van der Waals surface area contributed by atoms with Gasteiger partial charge in [-0.3, -0.25) is 4.79 Å². The highest BCUT2D eigenvalue weighted by atomic mass is 32.2. The van der Waals surface area contributed by atoms with E-state index < -0.39 is 0 Å². The predicted octanol–water partition coefficient (Wildman–Crippen LogP) is 1.81. The Balaban J connectivity index is 1.70. The summed E-state index contributed by atoms with van der Waals surface area (Å²) in [5, 5.41) is 15.5. The van der Waals surface area contributed by atoms with Crippen molar-refractivity contribution >= 4 is 17.7 Å². The van der Waals surface area contributed by atoms with Gasteiger partial charge in [-0.15, -0.1) is 5.10 Å². The molecule has 0 saturated carbocycles. The second kappa shape index (κ2) is 9.78. The van der Waals surface area contributed by atoms with Gasteiger partial charge in [0.15, 0.2) is 0 Å². The Kier molecular flexibility index (Phi) is 7.65. The minimum atomic E-state index is 0.0445. The zero-order chi connectivity index (χ0) is 15.6. The van der Waals surface area contributed by atoms with Gasteiger partial charge in [0.2, 0.25) is 11.1 Å². The first kappa shape index (κ1) is 17.2. The first-order valence-electron chi connectivity index (χ1n) is 8.06. The Morgan fingerprint density at radius 2 is 2.18 bits per heavy atom. The van der Waals surface area contributed by atoms with Gasteiger partial charge in [0.05, 0.1) is 11.8 Å². The van der Waals surface area contributed by atoms with E-state index in [2.05, 4.69) is 27.8 Å². The minimum Gasteiger partial charge on any atom is -0.381 e. The predicted molar refractivity (Wildman–Crippen MR) is 84.8 cm³/mol. The Bertz CT molecular complexity index is 448. The number of nitrogens with zero attached hydrogens (tertiary/aromatic N) is 4. The third kappa shape index (κ3) is 5.57. The molecule has 2 rings (SSSR count). The van der Waals surface area contributed by atoms with Crippen LogP contribution in [-0.2, 0) is 9.53 Å². The Hall–Kier alpha value is -1.15. The fraction of sp³-hybridized carbons (Fsp3) is 0.857. The maximum absolute atomic E-state index is 11.8. The number of hydrogen-bond acceptors (Lipinski definition) is 6. The van der Waals surface area contributed by atoms with Gasteiger partial charge in [-0.2, -0.15) is 0 Å². The molecule has 0 spiro atoms. The lowest BCUT2D eigenvalue weighted by Gasteiger charge is -2.22. The second-order valence-electron chi connectivity index (χ2n) is 5.45. The van der Waals surface area contributed by atoms with Crippen molar-refractivity contribution in [1.82, 2.24) is 25.5 Å². The van der Waals surface area contributed by atoms with E-state index in [4.69, 9.17) is 4.74 Å². The summed E-state index contributed by atoms with van der Waals surface area (Å²) in [6.07, 6.45) is 6.49. The molecular formula is C14H25N5O2S. The van der Waals surface area contributed by atoms with Gasteiger partial charge in [0.25, 0.3) is 0 Å². The molecule has 1 fully saturated rings. The van der Waals surface area contributed by atoms with Crippen LogP contribution in [-0.4, -0.2) is 51.6 Å². The monoisotopic (exact) mass is 327 g/mol. The maximum atomic E-state index is 11.8. The second-order valence-corrected chi connectivity index (χ2v) is 6.39. The van der Waals surface area contributed by atoms with Crippen molar-refractivity contribution in [2.45, 2.75) is 56.6 Å². The van der Waals surface area contributed by atoms with Crippen LogP contribution in [0.15, 0.2) is 5.16 Å². The molecule has 124 valence electrons. The van der Waals surface area contributed by atoms with Crippen molar-refractivity contribution in [2.24, 2.45) is 0 Å². The number of aromatic nitrogens is 4. The van der Waals surface area contributed by atoms with E-state index in [0.29, 0.717) is 10.9 Å². The van der Waals surface area contributed by atoms with E-state index in [9.17, 15) is 4.79 Å². The van der Waals surface area contributed by atoms with Crippen molar-refractivity contribution < 1.29 is 9.53 Å². The van der Waals surface area contributed by atoms with Crippen molar-refractivity contribution in [1.29, 1.82) is 0 Å². The number of carbonyl (C=O) groups is 1. The standard InChI is InChI=1S/C14H25N5O2S/c1-2-3-4-5-8-15-13(20)11-22-14-16-17-18-19(14)12-6-9-21-10-7-12/h12H,2-11H2,1H3,(H,15,20). The molecule has 1 N–H and O–H groups in total. The van der Waals surface area contributed by atoms with E-state index in [1.54, 1.807) is 0 Å². The molecule has 8 heteroatoms. The average molecular weight is 327 g/mol. The number of carbonyl (C=O) groups excluding carboxylic acids is 1. The molecule has 0 radical (unpaired) electrons. The molecule has 1 aromatic heterocycles. The SMILES string of the molecule is CCCCCCNC(=O)CSc1nnnn1C1CCOCC1. The van der Waals surface area contributed by atoms with E-state index in [1.807, 2.05) is 4.68 Å². The first-order chi connectivity index (χ1) is 10.8. The van der Waals surface area contributed by atoms with Gasteiger partial charge in [-0.05, 0) is 29.7 Å². The molecule has 2 heterocycles. The summed E-state index contributed by atoms with van der Waals surface area (Å²) in [7, 11) is 0. The van der Waals surface area contributed by atoms with Crippen LogP contribution in [0.3, 0.4) is 0 Å². The van der Waals surface area contributed by atoms with E-state index in [-0.39, 0.29) is 11.9 Å². The lowest BCUT2D eigenvalue weighted by atomic mass is 10.1. The van der Waals surface area contributed by atoms with Crippen LogP contribution in [0.1, 0.15) is 51.5 Å². The van der Waals surface area contributed by atoms with Crippen LogP contribution >= 0.6 is 11.8 Å². The largest absolute Gasteiger partial charge is 0.381 e. The molecule has 7 nitrogen and oxygen atoms in total. The maximum Gasteiger partial charge on any atom is 0.230 e. The summed E-state index contributed by atoms with van der Waals surface area (Å²) in [6.45, 7) is 4.42. The van der Waals surface area contributed by atoms with Crippen molar-refractivity contribution in [2.75, 3.05) is 25.5 Å². The molecule has 1 aliphatic rings. The highest BCUT2D eigenvalue weighted by Crippen LogP contribution is 2.24. The lowest BCUT2D eigenvalue weighted by Crippen LogP contribution is -2.26. The summed E-state index contributed by atoms with van der Waals surface area (Å²) >= 11 is 1.40. The van der Waals surface area contributed by atoms with Gasteiger partial charge >= 0.3 is 0 Å². The summed E-state index contributed by atoms with van der Waals surface area (Å²) in [4.78, 5) is 11.8. The third-order valence-corrected chi connectivity index (χ3v) is 4.62. The molecule has 0 atom stereocenters. The number of ether oxygens (including phenoxy) is 1. The van der Waals surface area contributed by atoms with E-state index in [1.165, 1.54) is 31.0 Å². The number of nitrogens with one attached hydrogen (secondary N) is 1. The molecule has 1 aromatic rings. The van der Waals surface area contributed by atoms with E-state index in [0.717, 1.165) is 39.0 Å². The molecule has 0 aliphatic carbocycles. The average Bonchev–Trinajstić information content (AvgIpc) is 3.02. The van der Waals surface area contributed by atoms with Crippen LogP contribution in [0.4, 0.5) is 0 Å². The van der Waals surface area contributed by atoms with Crippen LogP contribution in [0, 0.1) is 0 Å². The number of rotatable bonds is 9. The third-order valence-electron chi connectivity index (χ3n) is 3.68. The topological polar surface area (TPSA) is 81.9 Å². The van der Waals surface area contributed by atoms with Crippen molar-refractivity contribution in [3.05, 3.63) is 0 Å². The zero-order valence-electron chi connectivity index (χ0n) is 13.2. The Morgan fingerprint density at radius 3 is 2.95 bits per heavy atom. The minimum absolute atomic E-state index is 0.0445. The van der Waals surface area contributed by atoms with Gasteiger partial charge in [0, 0.05) is 19.8 Å². The molecule has 0 bridgehead atoms. The van der Waals surface area contributed by atoms with Crippen LogP contribution in [0.2, 0.25) is 0 Å². The fourth-order valence-electron chi connectivity index (χ4n) is 2.40. The normalized spacial score (nSPS) is 15.9. The zero-order valence-corrected chi connectivity index (χ0v) is 14.0. The van der Waals surface area contributed by atoms with Crippen LogP contribution < -0.4 is 5.32 Å². The molecule has 1 aliphatic heterocycles. The van der Waals surface area contributed by atoms with Crippen LogP contribution in [0.5, 0.6) is 0 Å². The van der Waals surface area contributed by atoms with Gasteiger partial charge in [-0.1, -0.05) is 37.9 Å². The molecular weight excluding hydrogens is 302 g/mol. The molecule has 0 unspecified atom stereocenters. The van der Waals surface area contributed by atoms with Gasteiger partial charge < -0.3 is 10.1 Å². The summed E-state index contributed by atoms with van der Waals surface area (Å²) < 4.78 is 7.19. The smallest absolute Gasteiger partial charge is 0.230 e. The number of unbranched alkanes of at least 4 members (excludes halogenated alkanes) is 3. The molecule has 22 heavy (non-hydrogen) atoms. The van der Waals surface area contributed by atoms with Crippen molar-refractivity contribution in [3.63, 3.8) is 0 Å². The summed E-state index contributed by atoms with van der Waals surface area (Å²) in [5.74, 6) is 0.403. The highest BCUT2D eigenvalue weighted by Gasteiger charge is 2.21. The molecule has 0 aromatic carbocycles. The van der Waals surface area contributed by atoms with Crippen LogP contribution in [0.25, 0.3) is 0 Å². The number of tetrazole rings is 1. The fourth-order valence-corrected chi connectivity index (χ4v) is 3.17. The molecule has 1 saturated heterocycles. The quantitative estimate of drug-likeness (QED) is 0.550. The summed E-state index contributed by atoms with van der Waals surface area (Å²) in [5.41, 5.74) is 0. The van der Waals surface area contributed by atoms with Gasteiger partial charge in [-0.25, -0.2) is 4.68 Å². The first-order valence-corrected chi connectivity index (χ1v) is 9.05. The summed E-state index contributed by atoms with van der Waals surface area (Å²) in [6, 6.07) is 0.281. The number of hydrogen-bond donors (Lipinski definition) is 1. The van der Waals surface area contributed by atoms with Crippen molar-refractivity contribution in [3.8, 4) is 0 Å². The van der Waals surface area contributed by atoms with E-state index >= 15 is 0 Å². The number of amides is 1. The Labute approximate surface area is 135 Å². The number of thioether (sulfide) groups is 1. The Morgan fingerprint density at radius 1 is 1.36 bits per heavy atom. The highest BCUT2D eigenvalue weighted by molar-refractivity contribution is 7.99. The lowest BCUT2D eigenvalue weighted by molar-refractivity contribution is -0.118. The molecule has 1 amide bonds.